The highest BCUT2D eigenvalue weighted by Gasteiger charge is 2.18. The first-order valence-corrected chi connectivity index (χ1v) is 6.36. The van der Waals surface area contributed by atoms with Crippen molar-refractivity contribution in [1.82, 2.24) is 5.32 Å². The number of carbonyl (C=O) groups excluding carboxylic acids is 2. The number of amides is 1. The first-order chi connectivity index (χ1) is 9.19. The molecule has 1 aliphatic rings. The Kier molecular flexibility index (Phi) is 4.39. The SMILES string of the molecule is COC(=O)c1cccc(OC(=O)NC2CCCC2)c1. The quantitative estimate of drug-likeness (QED) is 0.851. The molecular weight excluding hydrogens is 246 g/mol. The summed E-state index contributed by atoms with van der Waals surface area (Å²) in [7, 11) is 1.31. The zero-order chi connectivity index (χ0) is 13.7. The summed E-state index contributed by atoms with van der Waals surface area (Å²) >= 11 is 0. The Balaban J connectivity index is 1.94. The summed E-state index contributed by atoms with van der Waals surface area (Å²) in [5.74, 6) is -0.125. The van der Waals surface area contributed by atoms with Crippen LogP contribution in [0.2, 0.25) is 0 Å². The zero-order valence-corrected chi connectivity index (χ0v) is 10.8. The van der Waals surface area contributed by atoms with Crippen LogP contribution in [0.25, 0.3) is 0 Å². The predicted octanol–water partition coefficient (Wildman–Crippen LogP) is 2.50. The highest BCUT2D eigenvalue weighted by atomic mass is 16.6. The third kappa shape index (κ3) is 3.71. The van der Waals surface area contributed by atoms with Gasteiger partial charge in [-0.2, -0.15) is 0 Å². The summed E-state index contributed by atoms with van der Waals surface area (Å²) < 4.78 is 9.76. The molecule has 0 radical (unpaired) electrons. The Morgan fingerprint density at radius 3 is 2.68 bits per heavy atom. The van der Waals surface area contributed by atoms with E-state index in [4.69, 9.17) is 4.74 Å². The van der Waals surface area contributed by atoms with Crippen LogP contribution in [0, 0.1) is 0 Å². The van der Waals surface area contributed by atoms with Crippen molar-refractivity contribution in [3.63, 3.8) is 0 Å². The molecule has 0 aliphatic heterocycles. The van der Waals surface area contributed by atoms with Crippen molar-refractivity contribution in [2.24, 2.45) is 0 Å². The van der Waals surface area contributed by atoms with E-state index < -0.39 is 12.1 Å². The average Bonchev–Trinajstić information content (AvgIpc) is 2.90. The number of hydrogen-bond donors (Lipinski definition) is 1. The summed E-state index contributed by atoms with van der Waals surface area (Å²) in [6.45, 7) is 0. The van der Waals surface area contributed by atoms with Crippen molar-refractivity contribution in [1.29, 1.82) is 0 Å². The van der Waals surface area contributed by atoms with Crippen LogP contribution in [0.5, 0.6) is 5.75 Å². The van der Waals surface area contributed by atoms with Gasteiger partial charge in [-0.3, -0.25) is 0 Å². The Bertz CT molecular complexity index is 466. The average molecular weight is 263 g/mol. The number of methoxy groups -OCH3 is 1. The zero-order valence-electron chi connectivity index (χ0n) is 10.8. The van der Waals surface area contributed by atoms with Gasteiger partial charge >= 0.3 is 12.1 Å². The maximum Gasteiger partial charge on any atom is 0.412 e. The summed E-state index contributed by atoms with van der Waals surface area (Å²) in [6, 6.07) is 6.56. The Morgan fingerprint density at radius 1 is 1.26 bits per heavy atom. The van der Waals surface area contributed by atoms with Crippen LogP contribution >= 0.6 is 0 Å². The van der Waals surface area contributed by atoms with Crippen molar-refractivity contribution < 1.29 is 19.1 Å². The van der Waals surface area contributed by atoms with Crippen LogP contribution in [-0.2, 0) is 4.74 Å². The third-order valence-corrected chi connectivity index (χ3v) is 3.14. The van der Waals surface area contributed by atoms with Gasteiger partial charge in [0.05, 0.1) is 12.7 Å². The molecule has 102 valence electrons. The summed E-state index contributed by atoms with van der Waals surface area (Å²) in [4.78, 5) is 23.0. The van der Waals surface area contributed by atoms with Gasteiger partial charge in [-0.1, -0.05) is 18.9 Å². The van der Waals surface area contributed by atoms with Gasteiger partial charge in [0.2, 0.25) is 0 Å². The molecule has 1 N–H and O–H groups in total. The van der Waals surface area contributed by atoms with E-state index in [1.165, 1.54) is 13.2 Å². The van der Waals surface area contributed by atoms with Crippen LogP contribution in [-0.4, -0.2) is 25.2 Å². The van der Waals surface area contributed by atoms with Crippen LogP contribution < -0.4 is 10.1 Å². The van der Waals surface area contributed by atoms with Crippen LogP contribution in [0.15, 0.2) is 24.3 Å². The lowest BCUT2D eigenvalue weighted by atomic mass is 10.2. The number of ether oxygens (including phenoxy) is 2. The van der Waals surface area contributed by atoms with Gasteiger partial charge in [0.1, 0.15) is 5.75 Å². The fourth-order valence-corrected chi connectivity index (χ4v) is 2.18. The van der Waals surface area contributed by atoms with E-state index in [1.807, 2.05) is 0 Å². The van der Waals surface area contributed by atoms with E-state index in [2.05, 4.69) is 10.1 Å². The molecule has 0 heterocycles. The van der Waals surface area contributed by atoms with Crippen molar-refractivity contribution in [3.05, 3.63) is 29.8 Å². The fraction of sp³-hybridized carbons (Fsp3) is 0.429. The van der Waals surface area contributed by atoms with Crippen LogP contribution in [0.1, 0.15) is 36.0 Å². The molecule has 1 saturated carbocycles. The largest absolute Gasteiger partial charge is 0.465 e. The molecule has 1 aromatic carbocycles. The van der Waals surface area contributed by atoms with E-state index in [9.17, 15) is 9.59 Å². The molecule has 0 bridgehead atoms. The van der Waals surface area contributed by atoms with Gasteiger partial charge in [0.25, 0.3) is 0 Å². The van der Waals surface area contributed by atoms with Gasteiger partial charge in [-0.25, -0.2) is 9.59 Å². The summed E-state index contributed by atoms with van der Waals surface area (Å²) in [6.07, 6.45) is 3.80. The number of benzene rings is 1. The number of nitrogens with one attached hydrogen (secondary N) is 1. The molecular formula is C14H17NO4. The molecule has 5 nitrogen and oxygen atoms in total. The lowest BCUT2D eigenvalue weighted by Crippen LogP contribution is -2.34. The molecule has 1 aromatic rings. The minimum absolute atomic E-state index is 0.205. The van der Waals surface area contributed by atoms with Crippen molar-refractivity contribution in [3.8, 4) is 5.75 Å². The Labute approximate surface area is 111 Å². The predicted molar refractivity (Wildman–Crippen MR) is 69.2 cm³/mol. The van der Waals surface area contributed by atoms with Crippen LogP contribution in [0.4, 0.5) is 4.79 Å². The summed E-state index contributed by atoms with van der Waals surface area (Å²) in [5, 5.41) is 2.81. The normalized spacial score (nSPS) is 15.0. The third-order valence-electron chi connectivity index (χ3n) is 3.14. The lowest BCUT2D eigenvalue weighted by molar-refractivity contribution is 0.0600. The van der Waals surface area contributed by atoms with Crippen molar-refractivity contribution in [2.45, 2.75) is 31.7 Å². The van der Waals surface area contributed by atoms with Gasteiger partial charge in [-0.15, -0.1) is 0 Å². The highest BCUT2D eigenvalue weighted by Crippen LogP contribution is 2.18. The molecule has 2 rings (SSSR count). The van der Waals surface area contributed by atoms with Gasteiger partial charge < -0.3 is 14.8 Å². The van der Waals surface area contributed by atoms with E-state index >= 15 is 0 Å². The van der Waals surface area contributed by atoms with E-state index in [1.54, 1.807) is 18.2 Å². The maximum atomic E-state index is 11.7. The lowest BCUT2D eigenvalue weighted by Gasteiger charge is -2.12. The molecule has 19 heavy (non-hydrogen) atoms. The molecule has 1 amide bonds. The number of carbonyl (C=O) groups is 2. The second-order valence-corrected chi connectivity index (χ2v) is 4.53. The fourth-order valence-electron chi connectivity index (χ4n) is 2.18. The smallest absolute Gasteiger partial charge is 0.412 e. The molecule has 0 unspecified atom stereocenters. The first-order valence-electron chi connectivity index (χ1n) is 6.36. The highest BCUT2D eigenvalue weighted by molar-refractivity contribution is 5.89. The topological polar surface area (TPSA) is 64.6 Å². The van der Waals surface area contributed by atoms with Gasteiger partial charge in [0.15, 0.2) is 0 Å². The van der Waals surface area contributed by atoms with Gasteiger partial charge in [0, 0.05) is 6.04 Å². The number of esters is 1. The van der Waals surface area contributed by atoms with E-state index in [-0.39, 0.29) is 6.04 Å². The van der Waals surface area contributed by atoms with E-state index in [0.29, 0.717) is 11.3 Å². The number of hydrogen-bond acceptors (Lipinski definition) is 4. The standard InChI is InChI=1S/C14H17NO4/c1-18-13(16)10-5-4-8-12(9-10)19-14(17)15-11-6-2-3-7-11/h4-5,8-9,11H,2-3,6-7H2,1H3,(H,15,17). The molecule has 0 saturated heterocycles. The molecule has 0 atom stereocenters. The minimum Gasteiger partial charge on any atom is -0.465 e. The maximum absolute atomic E-state index is 11.7. The van der Waals surface area contributed by atoms with E-state index in [0.717, 1.165) is 25.7 Å². The van der Waals surface area contributed by atoms with Crippen LogP contribution in [0.3, 0.4) is 0 Å². The van der Waals surface area contributed by atoms with Crippen molar-refractivity contribution in [2.75, 3.05) is 7.11 Å². The Morgan fingerprint density at radius 2 is 2.00 bits per heavy atom. The second kappa shape index (κ2) is 6.22. The molecule has 5 heteroatoms. The minimum atomic E-state index is -0.478. The molecule has 1 aliphatic carbocycles. The first kappa shape index (κ1) is 13.4. The molecule has 0 spiro atoms. The summed E-state index contributed by atoms with van der Waals surface area (Å²) in [5.41, 5.74) is 0.355. The molecule has 1 fully saturated rings. The molecule has 0 aromatic heterocycles. The second-order valence-electron chi connectivity index (χ2n) is 4.53. The van der Waals surface area contributed by atoms with Gasteiger partial charge in [-0.05, 0) is 31.0 Å². The number of rotatable bonds is 3. The monoisotopic (exact) mass is 263 g/mol. The van der Waals surface area contributed by atoms with Crippen molar-refractivity contribution >= 4 is 12.1 Å². The Hall–Kier alpha value is -2.04.